The summed E-state index contributed by atoms with van der Waals surface area (Å²) in [5, 5.41) is 8.43. The SMILES string of the molecule is N/C(=N\c1cnnc(-c2ccccc2Cl)n1)c1ccccc1N. The van der Waals surface area contributed by atoms with Crippen molar-refractivity contribution in [3.63, 3.8) is 0 Å². The first-order valence-corrected chi connectivity index (χ1v) is 7.16. The Hall–Kier alpha value is -2.99. The number of rotatable bonds is 3. The van der Waals surface area contributed by atoms with E-state index in [0.717, 1.165) is 0 Å². The first-order chi connectivity index (χ1) is 11.1. The van der Waals surface area contributed by atoms with Crippen LogP contribution in [0.15, 0.2) is 59.7 Å². The van der Waals surface area contributed by atoms with E-state index >= 15 is 0 Å². The molecule has 0 amide bonds. The standard InChI is InChI=1S/C16H13ClN6/c17-12-7-3-1-5-10(12)16-22-14(9-20-23-16)21-15(19)11-6-2-4-8-13(11)18/h1-9H,18H2,(H2,19,21,22,23). The topological polar surface area (TPSA) is 103 Å². The second kappa shape index (κ2) is 6.41. The van der Waals surface area contributed by atoms with Gasteiger partial charge in [0.25, 0.3) is 0 Å². The largest absolute Gasteiger partial charge is 0.398 e. The number of nitrogen functional groups attached to an aromatic ring is 1. The number of amidine groups is 1. The quantitative estimate of drug-likeness (QED) is 0.438. The number of aromatic nitrogens is 3. The van der Waals surface area contributed by atoms with Crippen LogP contribution in [0.1, 0.15) is 5.56 Å². The van der Waals surface area contributed by atoms with Gasteiger partial charge in [-0.25, -0.2) is 9.98 Å². The summed E-state index contributed by atoms with van der Waals surface area (Å²) in [6.07, 6.45) is 1.42. The van der Waals surface area contributed by atoms with Crippen LogP contribution in [0.3, 0.4) is 0 Å². The van der Waals surface area contributed by atoms with Crippen LogP contribution in [0.4, 0.5) is 11.5 Å². The summed E-state index contributed by atoms with van der Waals surface area (Å²) in [5.41, 5.74) is 13.8. The Balaban J connectivity index is 1.99. The average Bonchev–Trinajstić information content (AvgIpc) is 2.56. The number of anilines is 1. The van der Waals surface area contributed by atoms with Crippen molar-refractivity contribution in [2.24, 2.45) is 10.7 Å². The van der Waals surface area contributed by atoms with E-state index in [0.29, 0.717) is 33.5 Å². The summed E-state index contributed by atoms with van der Waals surface area (Å²) in [6.45, 7) is 0. The van der Waals surface area contributed by atoms with Crippen LogP contribution < -0.4 is 11.5 Å². The fraction of sp³-hybridized carbons (Fsp3) is 0. The summed E-state index contributed by atoms with van der Waals surface area (Å²) < 4.78 is 0. The number of halogens is 1. The molecular formula is C16H13ClN6. The predicted molar refractivity (Wildman–Crippen MR) is 91.5 cm³/mol. The first kappa shape index (κ1) is 14.9. The second-order valence-electron chi connectivity index (χ2n) is 4.70. The number of nitrogens with two attached hydrogens (primary N) is 2. The molecule has 0 aliphatic rings. The molecule has 1 heterocycles. The van der Waals surface area contributed by atoms with Crippen LogP contribution in [0.5, 0.6) is 0 Å². The lowest BCUT2D eigenvalue weighted by atomic mass is 10.1. The molecular weight excluding hydrogens is 312 g/mol. The highest BCUT2D eigenvalue weighted by molar-refractivity contribution is 6.33. The lowest BCUT2D eigenvalue weighted by Gasteiger charge is -2.05. The molecule has 4 N–H and O–H groups in total. The van der Waals surface area contributed by atoms with Gasteiger partial charge in [-0.2, -0.15) is 5.10 Å². The molecule has 0 atom stereocenters. The second-order valence-corrected chi connectivity index (χ2v) is 5.11. The molecule has 3 aromatic rings. The van der Waals surface area contributed by atoms with Crippen LogP contribution in [-0.4, -0.2) is 21.0 Å². The Kier molecular flexibility index (Phi) is 4.16. The van der Waals surface area contributed by atoms with Gasteiger partial charge in [0.1, 0.15) is 5.84 Å². The van der Waals surface area contributed by atoms with Gasteiger partial charge < -0.3 is 11.5 Å². The van der Waals surface area contributed by atoms with Gasteiger partial charge in [0.05, 0.1) is 11.2 Å². The maximum absolute atomic E-state index is 6.15. The Bertz CT molecular complexity index is 878. The van der Waals surface area contributed by atoms with E-state index in [9.17, 15) is 0 Å². The van der Waals surface area contributed by atoms with Crippen molar-refractivity contribution in [2.45, 2.75) is 0 Å². The molecule has 0 saturated heterocycles. The molecule has 3 rings (SSSR count). The Morgan fingerprint density at radius 1 is 1.04 bits per heavy atom. The zero-order valence-corrected chi connectivity index (χ0v) is 12.8. The van der Waals surface area contributed by atoms with E-state index in [1.807, 2.05) is 30.3 Å². The van der Waals surface area contributed by atoms with E-state index in [4.69, 9.17) is 23.1 Å². The van der Waals surface area contributed by atoms with Crippen LogP contribution in [-0.2, 0) is 0 Å². The van der Waals surface area contributed by atoms with Crippen LogP contribution in [0.2, 0.25) is 5.02 Å². The van der Waals surface area contributed by atoms with Crippen molar-refractivity contribution in [3.8, 4) is 11.4 Å². The molecule has 2 aromatic carbocycles. The Morgan fingerprint density at radius 3 is 2.57 bits per heavy atom. The summed E-state index contributed by atoms with van der Waals surface area (Å²) >= 11 is 6.15. The van der Waals surface area contributed by atoms with Crippen LogP contribution in [0.25, 0.3) is 11.4 Å². The van der Waals surface area contributed by atoms with Gasteiger partial charge in [0.15, 0.2) is 11.6 Å². The maximum atomic E-state index is 6.15. The summed E-state index contributed by atoms with van der Waals surface area (Å²) in [5.74, 6) is 0.968. The third kappa shape index (κ3) is 3.27. The summed E-state index contributed by atoms with van der Waals surface area (Å²) in [7, 11) is 0. The average molecular weight is 325 g/mol. The smallest absolute Gasteiger partial charge is 0.185 e. The minimum absolute atomic E-state index is 0.258. The fourth-order valence-corrected chi connectivity index (χ4v) is 2.24. The molecule has 0 spiro atoms. The number of para-hydroxylation sites is 1. The molecule has 23 heavy (non-hydrogen) atoms. The molecule has 0 bridgehead atoms. The third-order valence-electron chi connectivity index (χ3n) is 3.13. The molecule has 114 valence electrons. The molecule has 0 aliphatic carbocycles. The van der Waals surface area contributed by atoms with E-state index in [1.54, 1.807) is 18.2 Å². The highest BCUT2D eigenvalue weighted by Gasteiger charge is 2.08. The first-order valence-electron chi connectivity index (χ1n) is 6.79. The predicted octanol–water partition coefficient (Wildman–Crippen LogP) is 2.81. The molecule has 0 radical (unpaired) electrons. The minimum Gasteiger partial charge on any atom is -0.398 e. The van der Waals surface area contributed by atoms with Gasteiger partial charge in [0, 0.05) is 16.8 Å². The number of aliphatic imine (C=N–C) groups is 1. The van der Waals surface area contributed by atoms with Crippen LogP contribution >= 0.6 is 11.6 Å². The van der Waals surface area contributed by atoms with Gasteiger partial charge >= 0.3 is 0 Å². The fourth-order valence-electron chi connectivity index (χ4n) is 2.02. The lowest BCUT2D eigenvalue weighted by Crippen LogP contribution is -2.15. The Morgan fingerprint density at radius 2 is 1.78 bits per heavy atom. The number of nitrogens with zero attached hydrogens (tertiary/aromatic N) is 4. The summed E-state index contributed by atoms with van der Waals surface area (Å²) in [6, 6.07) is 14.5. The lowest BCUT2D eigenvalue weighted by molar-refractivity contribution is 0.977. The van der Waals surface area contributed by atoms with Crippen molar-refractivity contribution in [3.05, 3.63) is 65.3 Å². The Labute approximate surface area is 137 Å². The molecule has 0 unspecified atom stereocenters. The number of hydrogen-bond donors (Lipinski definition) is 2. The van der Waals surface area contributed by atoms with Crippen molar-refractivity contribution in [2.75, 3.05) is 5.73 Å². The summed E-state index contributed by atoms with van der Waals surface area (Å²) in [4.78, 5) is 8.60. The molecule has 0 fully saturated rings. The van der Waals surface area contributed by atoms with E-state index < -0.39 is 0 Å². The highest BCUT2D eigenvalue weighted by Crippen LogP contribution is 2.25. The molecule has 1 aromatic heterocycles. The van der Waals surface area contributed by atoms with Gasteiger partial charge in [-0.05, 0) is 24.3 Å². The van der Waals surface area contributed by atoms with Crippen molar-refractivity contribution in [1.82, 2.24) is 15.2 Å². The van der Waals surface area contributed by atoms with E-state index in [-0.39, 0.29) is 5.84 Å². The van der Waals surface area contributed by atoms with Crippen molar-refractivity contribution < 1.29 is 0 Å². The number of benzene rings is 2. The molecule has 6 nitrogen and oxygen atoms in total. The number of hydrogen-bond acceptors (Lipinski definition) is 5. The maximum Gasteiger partial charge on any atom is 0.185 e. The van der Waals surface area contributed by atoms with E-state index in [1.165, 1.54) is 6.20 Å². The molecule has 0 aliphatic heterocycles. The van der Waals surface area contributed by atoms with Gasteiger partial charge in [0.2, 0.25) is 0 Å². The van der Waals surface area contributed by atoms with Crippen molar-refractivity contribution >= 4 is 28.9 Å². The van der Waals surface area contributed by atoms with Crippen LogP contribution in [0, 0.1) is 0 Å². The molecule has 7 heteroatoms. The van der Waals surface area contributed by atoms with E-state index in [2.05, 4.69) is 20.2 Å². The zero-order chi connectivity index (χ0) is 16.2. The van der Waals surface area contributed by atoms with Gasteiger partial charge in [-0.3, -0.25) is 0 Å². The highest BCUT2D eigenvalue weighted by atomic mass is 35.5. The van der Waals surface area contributed by atoms with Gasteiger partial charge in [-0.15, -0.1) is 5.10 Å². The normalized spacial score (nSPS) is 11.4. The van der Waals surface area contributed by atoms with Gasteiger partial charge in [-0.1, -0.05) is 35.9 Å². The monoisotopic (exact) mass is 324 g/mol. The zero-order valence-electron chi connectivity index (χ0n) is 12.0. The minimum atomic E-state index is 0.258. The molecule has 0 saturated carbocycles. The third-order valence-corrected chi connectivity index (χ3v) is 3.46. The van der Waals surface area contributed by atoms with Crippen molar-refractivity contribution in [1.29, 1.82) is 0 Å².